The van der Waals surface area contributed by atoms with E-state index in [2.05, 4.69) is 20.6 Å². The lowest BCUT2D eigenvalue weighted by Crippen LogP contribution is -2.23. The minimum absolute atomic E-state index is 0.246. The van der Waals surface area contributed by atoms with Crippen LogP contribution in [0.2, 0.25) is 0 Å². The Morgan fingerprint density at radius 2 is 1.88 bits per heavy atom. The van der Waals surface area contributed by atoms with Crippen molar-refractivity contribution in [2.75, 3.05) is 10.6 Å². The van der Waals surface area contributed by atoms with E-state index in [0.29, 0.717) is 24.1 Å². The number of nitrogens with two attached hydrogens (primary N) is 1. The maximum atomic E-state index is 12.4. The van der Waals surface area contributed by atoms with Crippen LogP contribution in [0.5, 0.6) is 0 Å². The summed E-state index contributed by atoms with van der Waals surface area (Å²) in [5.41, 5.74) is 7.67. The molecule has 24 heavy (non-hydrogen) atoms. The van der Waals surface area contributed by atoms with Crippen LogP contribution in [0.3, 0.4) is 0 Å². The van der Waals surface area contributed by atoms with Crippen molar-refractivity contribution in [2.45, 2.75) is 44.7 Å². The molecule has 0 saturated heterocycles. The van der Waals surface area contributed by atoms with Crippen LogP contribution < -0.4 is 16.4 Å². The molecule has 0 unspecified atom stereocenters. The zero-order chi connectivity index (χ0) is 16.8. The highest BCUT2D eigenvalue weighted by atomic mass is 16.1. The third kappa shape index (κ3) is 4.29. The van der Waals surface area contributed by atoms with Crippen LogP contribution in [-0.2, 0) is 6.54 Å². The van der Waals surface area contributed by atoms with Gasteiger partial charge in [-0.2, -0.15) is 0 Å². The number of anilines is 2. The molecule has 1 aliphatic carbocycles. The number of rotatable bonds is 5. The summed E-state index contributed by atoms with van der Waals surface area (Å²) in [4.78, 5) is 20.7. The highest BCUT2D eigenvalue weighted by Gasteiger charge is 2.15. The summed E-state index contributed by atoms with van der Waals surface area (Å²) < 4.78 is 0. The highest BCUT2D eigenvalue weighted by Crippen LogP contribution is 2.21. The molecule has 6 nitrogen and oxygen atoms in total. The Morgan fingerprint density at radius 1 is 1.12 bits per heavy atom. The molecule has 126 valence electrons. The Hall–Kier alpha value is -2.47. The van der Waals surface area contributed by atoms with E-state index in [1.165, 1.54) is 25.6 Å². The lowest BCUT2D eigenvalue weighted by atomic mass is 9.95. The fourth-order valence-corrected chi connectivity index (χ4v) is 2.94. The first-order chi connectivity index (χ1) is 11.7. The lowest BCUT2D eigenvalue weighted by Gasteiger charge is -2.23. The van der Waals surface area contributed by atoms with Gasteiger partial charge in [0.05, 0.1) is 0 Å². The van der Waals surface area contributed by atoms with Gasteiger partial charge in [-0.05, 0) is 30.5 Å². The van der Waals surface area contributed by atoms with Crippen molar-refractivity contribution in [3.05, 3.63) is 47.9 Å². The molecule has 0 atom stereocenters. The van der Waals surface area contributed by atoms with Gasteiger partial charge in [0.1, 0.15) is 17.8 Å². The molecule has 2 aromatic rings. The molecular formula is C18H23N5O. The van der Waals surface area contributed by atoms with E-state index < -0.39 is 0 Å². The third-order valence-electron chi connectivity index (χ3n) is 4.30. The largest absolute Gasteiger partial charge is 0.367 e. The summed E-state index contributed by atoms with van der Waals surface area (Å²) in [6, 6.07) is 9.61. The first kappa shape index (κ1) is 16.4. The molecule has 0 aliphatic heterocycles. The first-order valence-corrected chi connectivity index (χ1v) is 8.43. The molecule has 1 heterocycles. The van der Waals surface area contributed by atoms with Gasteiger partial charge in [-0.25, -0.2) is 9.97 Å². The summed E-state index contributed by atoms with van der Waals surface area (Å²) >= 11 is 0. The molecule has 4 N–H and O–H groups in total. The summed E-state index contributed by atoms with van der Waals surface area (Å²) in [5.74, 6) is 0.463. The molecule has 0 spiro atoms. The van der Waals surface area contributed by atoms with Crippen molar-refractivity contribution in [1.82, 2.24) is 9.97 Å². The number of carbonyl (C=O) groups is 1. The van der Waals surface area contributed by atoms with E-state index in [-0.39, 0.29) is 5.91 Å². The second-order valence-electron chi connectivity index (χ2n) is 6.12. The van der Waals surface area contributed by atoms with E-state index in [0.717, 1.165) is 24.1 Å². The Morgan fingerprint density at radius 3 is 2.58 bits per heavy atom. The van der Waals surface area contributed by atoms with Gasteiger partial charge in [-0.15, -0.1) is 0 Å². The maximum absolute atomic E-state index is 12.4. The summed E-state index contributed by atoms with van der Waals surface area (Å²) in [5, 5.41) is 6.25. The Balaban J connectivity index is 1.64. The number of hydrogen-bond donors (Lipinski definition) is 3. The minimum atomic E-state index is -0.246. The second kappa shape index (κ2) is 7.88. The minimum Gasteiger partial charge on any atom is -0.367 e. The molecule has 0 radical (unpaired) electrons. The van der Waals surface area contributed by atoms with Crippen LogP contribution in [0, 0.1) is 0 Å². The molecule has 1 aliphatic rings. The van der Waals surface area contributed by atoms with E-state index >= 15 is 0 Å². The average Bonchev–Trinajstić information content (AvgIpc) is 2.63. The third-order valence-corrected chi connectivity index (χ3v) is 4.30. The molecule has 1 aromatic heterocycles. The van der Waals surface area contributed by atoms with Gasteiger partial charge in [0, 0.05) is 24.3 Å². The van der Waals surface area contributed by atoms with Crippen LogP contribution in [0.1, 0.15) is 48.2 Å². The molecular weight excluding hydrogens is 302 g/mol. The van der Waals surface area contributed by atoms with Gasteiger partial charge in [0.2, 0.25) is 0 Å². The SMILES string of the molecule is NCc1ccc(NC(=O)c2cc(NC3CCCCC3)ncn2)cc1. The number of hydrogen-bond acceptors (Lipinski definition) is 5. The number of aromatic nitrogens is 2. The number of carbonyl (C=O) groups excluding carboxylic acids is 1. The number of nitrogens with one attached hydrogen (secondary N) is 2. The number of nitrogens with zero attached hydrogens (tertiary/aromatic N) is 2. The van der Waals surface area contributed by atoms with Crippen LogP contribution >= 0.6 is 0 Å². The second-order valence-corrected chi connectivity index (χ2v) is 6.12. The van der Waals surface area contributed by atoms with Crippen molar-refractivity contribution < 1.29 is 4.79 Å². The predicted octanol–water partition coefficient (Wildman–Crippen LogP) is 2.93. The van der Waals surface area contributed by atoms with Gasteiger partial charge >= 0.3 is 0 Å². The van der Waals surface area contributed by atoms with Crippen molar-refractivity contribution in [3.63, 3.8) is 0 Å². The van der Waals surface area contributed by atoms with Crippen molar-refractivity contribution >= 4 is 17.4 Å². The van der Waals surface area contributed by atoms with E-state index in [1.54, 1.807) is 6.07 Å². The van der Waals surface area contributed by atoms with E-state index in [4.69, 9.17) is 5.73 Å². The number of benzene rings is 1. The Bertz CT molecular complexity index is 680. The van der Waals surface area contributed by atoms with Gasteiger partial charge in [-0.1, -0.05) is 31.4 Å². The average molecular weight is 325 g/mol. The summed E-state index contributed by atoms with van der Waals surface area (Å²) in [6.07, 6.45) is 7.53. The molecule has 6 heteroatoms. The topological polar surface area (TPSA) is 92.9 Å². The molecule has 1 saturated carbocycles. The quantitative estimate of drug-likeness (QED) is 0.786. The van der Waals surface area contributed by atoms with Crippen molar-refractivity contribution in [1.29, 1.82) is 0 Å². The summed E-state index contributed by atoms with van der Waals surface area (Å²) in [6.45, 7) is 0.482. The molecule has 1 fully saturated rings. The van der Waals surface area contributed by atoms with E-state index in [1.807, 2.05) is 24.3 Å². The van der Waals surface area contributed by atoms with Gasteiger partial charge < -0.3 is 16.4 Å². The van der Waals surface area contributed by atoms with Crippen LogP contribution in [0.25, 0.3) is 0 Å². The highest BCUT2D eigenvalue weighted by molar-refractivity contribution is 6.03. The number of amides is 1. The standard InChI is InChI=1S/C18H23N5O/c19-11-13-6-8-15(9-7-13)23-18(24)16-10-17(21-12-20-16)22-14-4-2-1-3-5-14/h6-10,12,14H,1-5,11,19H2,(H,23,24)(H,20,21,22). The zero-order valence-electron chi connectivity index (χ0n) is 13.7. The normalized spacial score (nSPS) is 15.0. The fourth-order valence-electron chi connectivity index (χ4n) is 2.94. The van der Waals surface area contributed by atoms with Gasteiger partial charge in [0.15, 0.2) is 0 Å². The van der Waals surface area contributed by atoms with Gasteiger partial charge in [0.25, 0.3) is 5.91 Å². The summed E-state index contributed by atoms with van der Waals surface area (Å²) in [7, 11) is 0. The molecule has 1 aromatic carbocycles. The van der Waals surface area contributed by atoms with Crippen LogP contribution in [0.15, 0.2) is 36.7 Å². The fraction of sp³-hybridized carbons (Fsp3) is 0.389. The molecule has 3 rings (SSSR count). The predicted molar refractivity (Wildman–Crippen MR) is 94.8 cm³/mol. The van der Waals surface area contributed by atoms with Crippen LogP contribution in [0.4, 0.5) is 11.5 Å². The Kier molecular flexibility index (Phi) is 5.38. The van der Waals surface area contributed by atoms with E-state index in [9.17, 15) is 4.79 Å². The van der Waals surface area contributed by atoms with Crippen molar-refractivity contribution in [3.8, 4) is 0 Å². The first-order valence-electron chi connectivity index (χ1n) is 8.43. The zero-order valence-corrected chi connectivity index (χ0v) is 13.7. The maximum Gasteiger partial charge on any atom is 0.274 e. The molecule has 0 bridgehead atoms. The van der Waals surface area contributed by atoms with Crippen LogP contribution in [-0.4, -0.2) is 21.9 Å². The molecule has 1 amide bonds. The van der Waals surface area contributed by atoms with Gasteiger partial charge in [-0.3, -0.25) is 4.79 Å². The Labute approximate surface area is 141 Å². The smallest absolute Gasteiger partial charge is 0.274 e. The lowest BCUT2D eigenvalue weighted by molar-refractivity contribution is 0.102. The monoisotopic (exact) mass is 325 g/mol. The van der Waals surface area contributed by atoms with Crippen molar-refractivity contribution in [2.24, 2.45) is 5.73 Å².